The van der Waals surface area contributed by atoms with Gasteiger partial charge in [-0.25, -0.2) is 0 Å². The van der Waals surface area contributed by atoms with Crippen molar-refractivity contribution in [3.8, 4) is 63.0 Å². The number of carboxylic acid groups (broad SMARTS) is 2. The Balaban J connectivity index is 0.000000172. The maximum Gasteiger partial charge on any atom is 0.306 e. The third kappa shape index (κ3) is 15.1. The van der Waals surface area contributed by atoms with E-state index in [0.717, 1.165) is 98.0 Å². The van der Waals surface area contributed by atoms with Gasteiger partial charge in [0.05, 0.1) is 66.2 Å². The summed E-state index contributed by atoms with van der Waals surface area (Å²) in [7, 11) is 0. The van der Waals surface area contributed by atoms with Crippen molar-refractivity contribution in [2.75, 3.05) is 12.3 Å². The van der Waals surface area contributed by atoms with E-state index in [-0.39, 0.29) is 18.8 Å². The quantitative estimate of drug-likeness (QED) is 0.0624. The molecular formula is C64H57Br3N6O6. The van der Waals surface area contributed by atoms with Gasteiger partial charge in [0, 0.05) is 53.2 Å². The first-order chi connectivity index (χ1) is 38.0. The maximum atomic E-state index is 11.9. The molecule has 0 amide bonds. The maximum absolute atomic E-state index is 11.9. The Hall–Kier alpha value is -8.21. The molecule has 4 N–H and O–H groups in total. The number of rotatable bonds is 16. The average molecular weight is 1250 g/mol. The van der Waals surface area contributed by atoms with Gasteiger partial charge in [0.2, 0.25) is 0 Å². The fraction of sp³-hybridized carbons (Fsp3) is 0.172. The van der Waals surface area contributed by atoms with Gasteiger partial charge in [0.15, 0.2) is 0 Å². The van der Waals surface area contributed by atoms with Crippen LogP contribution in [-0.4, -0.2) is 48.4 Å². The summed E-state index contributed by atoms with van der Waals surface area (Å²) in [5.74, 6) is -1.82. The van der Waals surface area contributed by atoms with Crippen LogP contribution in [0.3, 0.4) is 0 Å². The van der Waals surface area contributed by atoms with Crippen molar-refractivity contribution in [3.63, 3.8) is 0 Å². The summed E-state index contributed by atoms with van der Waals surface area (Å²) in [6.07, 6.45) is 1.97. The third-order valence-electron chi connectivity index (χ3n) is 13.0. The summed E-state index contributed by atoms with van der Waals surface area (Å²) >= 11 is 10.4. The van der Waals surface area contributed by atoms with E-state index in [9.17, 15) is 19.6 Å². The molecule has 0 atom stereocenters. The molecule has 6 aromatic carbocycles. The second-order valence-electron chi connectivity index (χ2n) is 18.5. The van der Waals surface area contributed by atoms with Gasteiger partial charge in [-0.1, -0.05) is 84.2 Å². The molecule has 0 aliphatic heterocycles. The first kappa shape index (κ1) is 58.5. The number of aliphatic carboxylic acids is 2. The van der Waals surface area contributed by atoms with Gasteiger partial charge in [0.25, 0.3) is 0 Å². The normalized spacial score (nSPS) is 10.6. The minimum Gasteiger partial charge on any atom is -0.481 e. The van der Waals surface area contributed by atoms with Crippen LogP contribution in [0.2, 0.25) is 0 Å². The molecule has 0 spiro atoms. The summed E-state index contributed by atoms with van der Waals surface area (Å²) in [6.45, 7) is 8.17. The largest absolute Gasteiger partial charge is 0.481 e. The molecule has 79 heavy (non-hydrogen) atoms. The number of nitrogens with two attached hydrogens (primary N) is 1. The van der Waals surface area contributed by atoms with Gasteiger partial charge in [0.1, 0.15) is 0 Å². The number of benzene rings is 6. The predicted octanol–water partition coefficient (Wildman–Crippen LogP) is 15.5. The summed E-state index contributed by atoms with van der Waals surface area (Å²) in [5, 5.41) is 36.4. The monoisotopic (exact) mass is 1240 g/mol. The van der Waals surface area contributed by atoms with Crippen LogP contribution >= 0.6 is 47.8 Å². The molecule has 0 unspecified atom stereocenters. The second-order valence-corrected chi connectivity index (χ2v) is 21.3. The highest BCUT2D eigenvalue weighted by atomic mass is 79.9. The third-order valence-corrected chi connectivity index (χ3v) is 14.6. The smallest absolute Gasteiger partial charge is 0.306 e. The van der Waals surface area contributed by atoms with Crippen LogP contribution in [0.25, 0.3) is 50.8 Å². The molecule has 3 aromatic heterocycles. The number of ether oxygens (including phenoxy) is 1. The minimum atomic E-state index is -0.820. The molecule has 15 heteroatoms. The fourth-order valence-corrected chi connectivity index (χ4v) is 10.0. The van der Waals surface area contributed by atoms with Crippen LogP contribution in [0.4, 0.5) is 5.69 Å². The Kier molecular flexibility index (Phi) is 20.3. The Morgan fingerprint density at radius 1 is 0.481 bits per heavy atom. The molecule has 9 aromatic rings. The van der Waals surface area contributed by atoms with Gasteiger partial charge in [-0.3, -0.25) is 14.4 Å². The Morgan fingerprint density at radius 3 is 1.11 bits per heavy atom. The first-order valence-corrected chi connectivity index (χ1v) is 27.7. The van der Waals surface area contributed by atoms with Gasteiger partial charge >= 0.3 is 17.9 Å². The van der Waals surface area contributed by atoms with Gasteiger partial charge in [-0.2, -0.15) is 10.5 Å². The second kappa shape index (κ2) is 27.4. The molecule has 0 aliphatic rings. The number of aromatic nitrogens is 3. The lowest BCUT2D eigenvalue weighted by molar-refractivity contribution is -0.143. The molecule has 0 fully saturated rings. The highest BCUT2D eigenvalue weighted by Gasteiger charge is 2.19. The summed E-state index contributed by atoms with van der Waals surface area (Å²) in [4.78, 5) is 33.9. The molecule has 0 aliphatic carbocycles. The van der Waals surface area contributed by atoms with Crippen LogP contribution in [0.1, 0.15) is 71.1 Å². The van der Waals surface area contributed by atoms with Crippen molar-refractivity contribution in [3.05, 3.63) is 222 Å². The SMILES string of the molecule is CCOC(=O)CCc1ccc(-c2ccc(Br)cc2)n1-c1ccc(C#N)cc1C.Cc1cc(C#N)ccc1-n1c(CCC(=O)O)ccc1-c1ccc(Br)cc1.Cc1cc(N)ccc1-n1c(CCC(=O)O)ccc1-c1ccc(Br)cc1. The highest BCUT2D eigenvalue weighted by molar-refractivity contribution is 9.11. The lowest BCUT2D eigenvalue weighted by Crippen LogP contribution is -2.09. The van der Waals surface area contributed by atoms with E-state index in [1.807, 2.05) is 167 Å². The number of esters is 1. The van der Waals surface area contributed by atoms with Crippen molar-refractivity contribution in [1.29, 1.82) is 10.5 Å². The lowest BCUT2D eigenvalue weighted by Gasteiger charge is -2.17. The average Bonchev–Trinajstić information content (AvgIpc) is 4.25. The van der Waals surface area contributed by atoms with Crippen molar-refractivity contribution in [1.82, 2.24) is 13.7 Å². The molecule has 400 valence electrons. The standard InChI is InChI=1S/C23H21BrN2O2.C21H17BrN2O2.C20H19BrN2O2/c1-3-28-23(27)13-10-20-9-12-22(18-5-7-19(24)8-6-18)26(20)21-11-4-17(15-25)14-16(21)2;1-14-12-15(13-23)2-9-19(14)24-18(8-11-21(25)26)7-10-20(24)16-3-5-17(22)6-4-16;1-13-12-16(22)6-9-18(13)23-17(8-11-20(24)25)7-10-19(23)14-2-4-15(21)5-3-14/h4-9,11-12,14H,3,10,13H2,1-2H3;2-7,9-10,12H,8,11H2,1H3,(H,25,26);2-7,9-10,12H,8,11,22H2,1H3,(H,24,25). The van der Waals surface area contributed by atoms with Crippen molar-refractivity contribution in [2.45, 2.75) is 66.2 Å². The van der Waals surface area contributed by atoms with E-state index in [1.54, 1.807) is 6.07 Å². The topological polar surface area (TPSA) is 189 Å². The number of halogens is 3. The van der Waals surface area contributed by atoms with Gasteiger partial charge < -0.3 is 34.4 Å². The number of nitriles is 2. The number of carbonyl (C=O) groups excluding carboxylic acids is 1. The minimum absolute atomic E-state index is 0.0686. The highest BCUT2D eigenvalue weighted by Crippen LogP contribution is 2.34. The number of aryl methyl sites for hydroxylation is 6. The molecule has 0 bridgehead atoms. The van der Waals surface area contributed by atoms with Crippen LogP contribution in [0, 0.1) is 43.4 Å². The van der Waals surface area contributed by atoms with E-state index in [2.05, 4.69) is 91.8 Å². The molecule has 9 rings (SSSR count). The first-order valence-electron chi connectivity index (χ1n) is 25.4. The number of hydrogen-bond donors (Lipinski definition) is 3. The molecular weight excluding hydrogens is 1190 g/mol. The van der Waals surface area contributed by atoms with Crippen molar-refractivity contribution in [2.24, 2.45) is 0 Å². The summed E-state index contributed by atoms with van der Waals surface area (Å²) < 4.78 is 14.5. The van der Waals surface area contributed by atoms with Crippen LogP contribution in [-0.2, 0) is 38.4 Å². The summed E-state index contributed by atoms with van der Waals surface area (Å²) in [6, 6.07) is 57.7. The van der Waals surface area contributed by atoms with Gasteiger partial charge in [-0.05, 0) is 208 Å². The van der Waals surface area contributed by atoms with E-state index < -0.39 is 11.9 Å². The van der Waals surface area contributed by atoms with E-state index in [4.69, 9.17) is 25.9 Å². The number of anilines is 1. The Bertz CT molecular complexity index is 3710. The number of hydrogen-bond acceptors (Lipinski definition) is 7. The zero-order valence-electron chi connectivity index (χ0n) is 44.0. The number of carboxylic acids is 2. The van der Waals surface area contributed by atoms with Crippen LogP contribution < -0.4 is 5.73 Å². The molecule has 12 nitrogen and oxygen atoms in total. The number of nitrogen functional groups attached to an aromatic ring is 1. The van der Waals surface area contributed by atoms with Gasteiger partial charge in [-0.15, -0.1) is 0 Å². The van der Waals surface area contributed by atoms with E-state index in [0.29, 0.717) is 49.1 Å². The van der Waals surface area contributed by atoms with Crippen LogP contribution in [0.15, 0.2) is 177 Å². The lowest BCUT2D eigenvalue weighted by atomic mass is 10.1. The Labute approximate surface area is 485 Å². The zero-order chi connectivity index (χ0) is 56.8. The predicted molar refractivity (Wildman–Crippen MR) is 322 cm³/mol. The number of nitrogens with zero attached hydrogens (tertiary/aromatic N) is 5. The molecule has 0 saturated carbocycles. The fourth-order valence-electron chi connectivity index (χ4n) is 9.23. The zero-order valence-corrected chi connectivity index (χ0v) is 48.8. The molecule has 0 saturated heterocycles. The van der Waals surface area contributed by atoms with E-state index >= 15 is 0 Å². The molecule has 3 heterocycles. The molecule has 0 radical (unpaired) electrons. The van der Waals surface area contributed by atoms with Crippen LogP contribution in [0.5, 0.6) is 0 Å². The number of carbonyl (C=O) groups is 3. The van der Waals surface area contributed by atoms with Crippen molar-refractivity contribution >= 4 is 71.4 Å². The van der Waals surface area contributed by atoms with E-state index in [1.165, 1.54) is 0 Å². The Morgan fingerprint density at radius 2 is 0.810 bits per heavy atom. The van der Waals surface area contributed by atoms with Crippen molar-refractivity contribution < 1.29 is 29.3 Å². The summed E-state index contributed by atoms with van der Waals surface area (Å²) in [5.41, 5.74) is 23.0.